The summed E-state index contributed by atoms with van der Waals surface area (Å²) in [6, 6.07) is 10.4. The van der Waals surface area contributed by atoms with E-state index in [1.165, 1.54) is 5.56 Å². The van der Waals surface area contributed by atoms with Crippen LogP contribution in [-0.4, -0.2) is 38.1 Å². The summed E-state index contributed by atoms with van der Waals surface area (Å²) in [4.78, 5) is 11.8. The lowest BCUT2D eigenvalue weighted by atomic mass is 10.1. The smallest absolute Gasteiger partial charge is 0.314 e. The van der Waals surface area contributed by atoms with Crippen molar-refractivity contribution < 1.29 is 14.3 Å². The normalized spacial score (nSPS) is 25.7. The van der Waals surface area contributed by atoms with Crippen molar-refractivity contribution in [3.05, 3.63) is 35.9 Å². The Morgan fingerprint density at radius 3 is 2.68 bits per heavy atom. The van der Waals surface area contributed by atoms with Crippen LogP contribution >= 0.6 is 0 Å². The molecule has 0 radical (unpaired) electrons. The van der Waals surface area contributed by atoms with Crippen LogP contribution in [0.2, 0.25) is 0 Å². The Morgan fingerprint density at radius 1 is 1.23 bits per heavy atom. The van der Waals surface area contributed by atoms with Gasteiger partial charge in [0.2, 0.25) is 0 Å². The molecule has 1 aromatic carbocycles. The minimum Gasteiger partial charge on any atom is -0.348 e. The standard InChI is InChI=1S/C17H24N2O3/c1-17(21-9-10-22-17)7-8-18-16(20)19-12-14-11-15(14)13-5-3-2-4-6-13/h2-6,14-15H,7-12H2,1H3,(H2,18,19,20). The maximum absolute atomic E-state index is 11.8. The Balaban J connectivity index is 1.30. The third-order valence-electron chi connectivity index (χ3n) is 4.44. The van der Waals surface area contributed by atoms with Crippen LogP contribution in [0.15, 0.2) is 30.3 Å². The SMILES string of the molecule is CC1(CCNC(=O)NCC2CC2c2ccccc2)OCCO1. The van der Waals surface area contributed by atoms with Gasteiger partial charge in [-0.3, -0.25) is 0 Å². The number of urea groups is 1. The zero-order valence-corrected chi connectivity index (χ0v) is 13.0. The van der Waals surface area contributed by atoms with E-state index in [4.69, 9.17) is 9.47 Å². The second kappa shape index (κ2) is 6.67. The minimum atomic E-state index is -0.540. The van der Waals surface area contributed by atoms with Crippen molar-refractivity contribution in [3.8, 4) is 0 Å². The zero-order chi connectivity index (χ0) is 15.4. The number of amides is 2. The number of benzene rings is 1. The topological polar surface area (TPSA) is 59.6 Å². The molecule has 2 N–H and O–H groups in total. The van der Waals surface area contributed by atoms with E-state index < -0.39 is 5.79 Å². The van der Waals surface area contributed by atoms with Crippen molar-refractivity contribution in [2.45, 2.75) is 31.5 Å². The van der Waals surface area contributed by atoms with E-state index in [2.05, 4.69) is 34.9 Å². The maximum Gasteiger partial charge on any atom is 0.314 e. The third kappa shape index (κ3) is 3.99. The lowest BCUT2D eigenvalue weighted by Crippen LogP contribution is -2.40. The lowest BCUT2D eigenvalue weighted by Gasteiger charge is -2.22. The summed E-state index contributed by atoms with van der Waals surface area (Å²) in [6.45, 7) is 4.45. The molecule has 0 bridgehead atoms. The predicted octanol–water partition coefficient (Wildman–Crippen LogP) is 2.24. The van der Waals surface area contributed by atoms with E-state index in [0.29, 0.717) is 38.0 Å². The Morgan fingerprint density at radius 2 is 1.95 bits per heavy atom. The van der Waals surface area contributed by atoms with E-state index in [-0.39, 0.29) is 6.03 Å². The molecule has 5 nitrogen and oxygen atoms in total. The molecule has 2 unspecified atom stereocenters. The Kier molecular flexibility index (Phi) is 4.64. The molecular weight excluding hydrogens is 280 g/mol. The number of hydrogen-bond acceptors (Lipinski definition) is 3. The van der Waals surface area contributed by atoms with Crippen molar-refractivity contribution in [3.63, 3.8) is 0 Å². The molecule has 1 saturated heterocycles. The molecule has 5 heteroatoms. The molecule has 0 aromatic heterocycles. The van der Waals surface area contributed by atoms with E-state index in [1.54, 1.807) is 0 Å². The molecule has 1 aromatic rings. The van der Waals surface area contributed by atoms with Crippen molar-refractivity contribution in [2.24, 2.45) is 5.92 Å². The number of nitrogens with one attached hydrogen (secondary N) is 2. The molecule has 1 aliphatic carbocycles. The average molecular weight is 304 g/mol. The molecule has 3 rings (SSSR count). The maximum atomic E-state index is 11.8. The van der Waals surface area contributed by atoms with Crippen LogP contribution in [-0.2, 0) is 9.47 Å². The highest BCUT2D eigenvalue weighted by molar-refractivity contribution is 5.73. The largest absolute Gasteiger partial charge is 0.348 e. The first-order valence-corrected chi connectivity index (χ1v) is 8.01. The van der Waals surface area contributed by atoms with Crippen LogP contribution in [0.3, 0.4) is 0 Å². The fraction of sp³-hybridized carbons (Fsp3) is 0.588. The molecule has 2 atom stereocenters. The number of carbonyl (C=O) groups is 1. The van der Waals surface area contributed by atoms with Gasteiger partial charge in [0.25, 0.3) is 0 Å². The monoisotopic (exact) mass is 304 g/mol. The molecular formula is C17H24N2O3. The summed E-state index contributed by atoms with van der Waals surface area (Å²) in [7, 11) is 0. The summed E-state index contributed by atoms with van der Waals surface area (Å²) >= 11 is 0. The van der Waals surface area contributed by atoms with E-state index >= 15 is 0 Å². The molecule has 1 saturated carbocycles. The lowest BCUT2D eigenvalue weighted by molar-refractivity contribution is -0.145. The van der Waals surface area contributed by atoms with Crippen LogP contribution < -0.4 is 10.6 Å². The summed E-state index contributed by atoms with van der Waals surface area (Å²) in [6.07, 6.45) is 1.82. The molecule has 1 aliphatic heterocycles. The van der Waals surface area contributed by atoms with Gasteiger partial charge in [-0.2, -0.15) is 0 Å². The summed E-state index contributed by atoms with van der Waals surface area (Å²) in [5, 5.41) is 5.81. The highest BCUT2D eigenvalue weighted by atomic mass is 16.7. The van der Waals surface area contributed by atoms with Gasteiger partial charge < -0.3 is 20.1 Å². The summed E-state index contributed by atoms with van der Waals surface area (Å²) in [5.41, 5.74) is 1.37. The predicted molar refractivity (Wildman–Crippen MR) is 83.6 cm³/mol. The average Bonchev–Trinajstić information content (AvgIpc) is 3.19. The molecule has 2 fully saturated rings. The van der Waals surface area contributed by atoms with E-state index in [0.717, 1.165) is 13.0 Å². The number of hydrogen-bond donors (Lipinski definition) is 2. The molecule has 0 spiro atoms. The highest BCUT2D eigenvalue weighted by Crippen LogP contribution is 2.46. The van der Waals surface area contributed by atoms with Gasteiger partial charge in [0.15, 0.2) is 5.79 Å². The van der Waals surface area contributed by atoms with Crippen LogP contribution in [0.25, 0.3) is 0 Å². The Labute approximate surface area is 131 Å². The van der Waals surface area contributed by atoms with Gasteiger partial charge in [-0.15, -0.1) is 0 Å². The Hall–Kier alpha value is -1.59. The van der Waals surface area contributed by atoms with Crippen molar-refractivity contribution in [1.82, 2.24) is 10.6 Å². The van der Waals surface area contributed by atoms with Crippen LogP contribution in [0.5, 0.6) is 0 Å². The molecule has 2 aliphatic rings. The first-order chi connectivity index (χ1) is 10.7. The van der Waals surface area contributed by atoms with Crippen LogP contribution in [0, 0.1) is 5.92 Å². The first kappa shape index (κ1) is 15.3. The minimum absolute atomic E-state index is 0.111. The molecule has 1 heterocycles. The van der Waals surface area contributed by atoms with Gasteiger partial charge in [-0.05, 0) is 30.7 Å². The third-order valence-corrected chi connectivity index (χ3v) is 4.44. The van der Waals surface area contributed by atoms with E-state index in [9.17, 15) is 4.79 Å². The summed E-state index contributed by atoms with van der Waals surface area (Å²) in [5.74, 6) is 0.621. The van der Waals surface area contributed by atoms with E-state index in [1.807, 2.05) is 13.0 Å². The first-order valence-electron chi connectivity index (χ1n) is 8.01. The molecule has 2 amide bonds. The van der Waals surface area contributed by atoms with Gasteiger partial charge in [-0.1, -0.05) is 30.3 Å². The van der Waals surface area contributed by atoms with Crippen molar-refractivity contribution in [2.75, 3.05) is 26.3 Å². The number of ether oxygens (including phenoxy) is 2. The van der Waals surface area contributed by atoms with Crippen LogP contribution in [0.1, 0.15) is 31.2 Å². The highest BCUT2D eigenvalue weighted by Gasteiger charge is 2.38. The van der Waals surface area contributed by atoms with Gasteiger partial charge in [0.05, 0.1) is 13.2 Å². The fourth-order valence-corrected chi connectivity index (χ4v) is 2.97. The number of rotatable bonds is 6. The quantitative estimate of drug-likeness (QED) is 0.847. The van der Waals surface area contributed by atoms with Gasteiger partial charge >= 0.3 is 6.03 Å². The van der Waals surface area contributed by atoms with Gasteiger partial charge in [0.1, 0.15) is 0 Å². The van der Waals surface area contributed by atoms with Gasteiger partial charge in [-0.25, -0.2) is 4.79 Å². The van der Waals surface area contributed by atoms with Crippen molar-refractivity contribution in [1.29, 1.82) is 0 Å². The fourth-order valence-electron chi connectivity index (χ4n) is 2.97. The van der Waals surface area contributed by atoms with Gasteiger partial charge in [0, 0.05) is 19.5 Å². The van der Waals surface area contributed by atoms with Crippen LogP contribution in [0.4, 0.5) is 4.79 Å². The second-order valence-electron chi connectivity index (χ2n) is 6.23. The number of carbonyl (C=O) groups excluding carboxylic acids is 1. The Bertz CT molecular complexity index is 500. The second-order valence-corrected chi connectivity index (χ2v) is 6.23. The summed E-state index contributed by atoms with van der Waals surface area (Å²) < 4.78 is 11.0. The van der Waals surface area contributed by atoms with Crippen molar-refractivity contribution >= 4 is 6.03 Å². The molecule has 120 valence electrons. The zero-order valence-electron chi connectivity index (χ0n) is 13.0. The molecule has 22 heavy (non-hydrogen) atoms.